The molecule has 0 fully saturated rings. The molecular formula is C14H15NO6. The van der Waals surface area contributed by atoms with Crippen molar-refractivity contribution < 1.29 is 28.6 Å². The zero-order chi connectivity index (χ0) is 15.4. The van der Waals surface area contributed by atoms with Crippen molar-refractivity contribution in [3.05, 3.63) is 24.0 Å². The molecule has 0 spiro atoms. The number of aromatic nitrogens is 1. The van der Waals surface area contributed by atoms with Gasteiger partial charge in [-0.05, 0) is 13.0 Å². The van der Waals surface area contributed by atoms with Crippen molar-refractivity contribution in [3.8, 4) is 28.5 Å². The number of carbonyl (C=O) groups is 1. The predicted octanol–water partition coefficient (Wildman–Crippen LogP) is 2.46. The molecule has 0 radical (unpaired) electrons. The summed E-state index contributed by atoms with van der Waals surface area (Å²) in [4.78, 5) is 10.9. The van der Waals surface area contributed by atoms with Gasteiger partial charge in [0.2, 0.25) is 5.76 Å². The fourth-order valence-corrected chi connectivity index (χ4v) is 1.84. The Morgan fingerprint density at radius 1 is 1.19 bits per heavy atom. The van der Waals surface area contributed by atoms with Gasteiger partial charge in [0, 0.05) is 17.7 Å². The van der Waals surface area contributed by atoms with Crippen LogP contribution in [-0.4, -0.2) is 37.1 Å². The average Bonchev–Trinajstić information content (AvgIpc) is 2.97. The van der Waals surface area contributed by atoms with Crippen LogP contribution < -0.4 is 14.2 Å². The predicted molar refractivity (Wildman–Crippen MR) is 73.2 cm³/mol. The number of ether oxygens (including phenoxy) is 3. The van der Waals surface area contributed by atoms with Crippen LogP contribution in [0.15, 0.2) is 22.7 Å². The van der Waals surface area contributed by atoms with Crippen molar-refractivity contribution in [2.24, 2.45) is 0 Å². The number of carboxylic acids is 1. The van der Waals surface area contributed by atoms with E-state index in [0.717, 1.165) is 0 Å². The molecule has 0 bridgehead atoms. The highest BCUT2D eigenvalue weighted by Crippen LogP contribution is 2.39. The standard InChI is InChI=1S/C14H15NO6/c1-4-20-12-5-8(10(18-2)7-11(12)19-3)9-6-13(14(16)17)21-15-9/h5-7H,4H2,1-3H3,(H,16,17). The summed E-state index contributed by atoms with van der Waals surface area (Å²) < 4.78 is 20.8. The van der Waals surface area contributed by atoms with Crippen molar-refractivity contribution in [3.63, 3.8) is 0 Å². The Kier molecular flexibility index (Phi) is 4.32. The molecule has 1 heterocycles. The van der Waals surface area contributed by atoms with E-state index >= 15 is 0 Å². The molecule has 0 aliphatic carbocycles. The monoisotopic (exact) mass is 293 g/mol. The second-order valence-corrected chi connectivity index (χ2v) is 4.02. The van der Waals surface area contributed by atoms with Crippen LogP contribution in [0.2, 0.25) is 0 Å². The zero-order valence-electron chi connectivity index (χ0n) is 11.9. The molecule has 0 aliphatic heterocycles. The molecule has 2 rings (SSSR count). The SMILES string of the molecule is CCOc1cc(-c2cc(C(=O)O)on2)c(OC)cc1OC. The summed E-state index contributed by atoms with van der Waals surface area (Å²) in [5, 5.41) is 12.6. The molecule has 7 nitrogen and oxygen atoms in total. The van der Waals surface area contributed by atoms with Gasteiger partial charge in [-0.3, -0.25) is 0 Å². The normalized spacial score (nSPS) is 10.2. The second kappa shape index (κ2) is 6.17. The van der Waals surface area contributed by atoms with E-state index in [0.29, 0.717) is 35.1 Å². The average molecular weight is 293 g/mol. The van der Waals surface area contributed by atoms with Crippen LogP contribution in [0, 0.1) is 0 Å². The van der Waals surface area contributed by atoms with Crippen LogP contribution in [0.4, 0.5) is 0 Å². The fraction of sp³-hybridized carbons (Fsp3) is 0.286. The third-order valence-corrected chi connectivity index (χ3v) is 2.78. The first kappa shape index (κ1) is 14.7. The van der Waals surface area contributed by atoms with E-state index in [1.165, 1.54) is 20.3 Å². The van der Waals surface area contributed by atoms with Gasteiger partial charge >= 0.3 is 5.97 Å². The van der Waals surface area contributed by atoms with E-state index in [-0.39, 0.29) is 5.76 Å². The summed E-state index contributed by atoms with van der Waals surface area (Å²) >= 11 is 0. The summed E-state index contributed by atoms with van der Waals surface area (Å²) in [6.45, 7) is 2.31. The molecule has 7 heteroatoms. The Labute approximate surface area is 121 Å². The largest absolute Gasteiger partial charge is 0.496 e. The molecule has 0 amide bonds. The second-order valence-electron chi connectivity index (χ2n) is 4.02. The van der Waals surface area contributed by atoms with E-state index in [1.54, 1.807) is 12.1 Å². The Bertz CT molecular complexity index is 649. The fourth-order valence-electron chi connectivity index (χ4n) is 1.84. The van der Waals surface area contributed by atoms with E-state index in [1.807, 2.05) is 6.92 Å². The van der Waals surface area contributed by atoms with E-state index in [2.05, 4.69) is 5.16 Å². The summed E-state index contributed by atoms with van der Waals surface area (Å²) in [6.07, 6.45) is 0. The topological polar surface area (TPSA) is 91.0 Å². The lowest BCUT2D eigenvalue weighted by molar-refractivity contribution is 0.0652. The van der Waals surface area contributed by atoms with Gasteiger partial charge < -0.3 is 23.8 Å². The minimum Gasteiger partial charge on any atom is -0.496 e. The third kappa shape index (κ3) is 2.91. The van der Waals surface area contributed by atoms with Gasteiger partial charge in [0.15, 0.2) is 11.5 Å². The van der Waals surface area contributed by atoms with E-state index in [9.17, 15) is 4.79 Å². The van der Waals surface area contributed by atoms with Crippen molar-refractivity contribution in [1.29, 1.82) is 0 Å². The van der Waals surface area contributed by atoms with Gasteiger partial charge in [-0.25, -0.2) is 4.79 Å². The Morgan fingerprint density at radius 2 is 1.90 bits per heavy atom. The number of rotatable bonds is 6. The Balaban J connectivity index is 2.54. The number of nitrogens with zero attached hydrogens (tertiary/aromatic N) is 1. The lowest BCUT2D eigenvalue weighted by Crippen LogP contribution is -1.98. The number of aromatic carboxylic acids is 1. The highest BCUT2D eigenvalue weighted by atomic mass is 16.5. The number of benzene rings is 1. The van der Waals surface area contributed by atoms with Gasteiger partial charge in [-0.15, -0.1) is 0 Å². The number of hydrogen-bond donors (Lipinski definition) is 1. The third-order valence-electron chi connectivity index (χ3n) is 2.78. The Morgan fingerprint density at radius 3 is 2.43 bits per heavy atom. The zero-order valence-corrected chi connectivity index (χ0v) is 11.9. The molecule has 1 aromatic heterocycles. The smallest absolute Gasteiger partial charge is 0.374 e. The van der Waals surface area contributed by atoms with Crippen LogP contribution in [0.3, 0.4) is 0 Å². The summed E-state index contributed by atoms with van der Waals surface area (Å²) in [5.74, 6) is 0.0581. The first-order valence-corrected chi connectivity index (χ1v) is 6.19. The van der Waals surface area contributed by atoms with Crippen LogP contribution in [0.5, 0.6) is 17.2 Å². The highest BCUT2D eigenvalue weighted by molar-refractivity contribution is 5.86. The Hall–Kier alpha value is -2.70. The quantitative estimate of drug-likeness (QED) is 0.874. The molecule has 0 aliphatic rings. The van der Waals surface area contributed by atoms with Gasteiger partial charge in [-0.1, -0.05) is 5.16 Å². The minimum atomic E-state index is -1.19. The van der Waals surface area contributed by atoms with E-state index in [4.69, 9.17) is 23.8 Å². The molecule has 0 saturated carbocycles. The maximum Gasteiger partial charge on any atom is 0.374 e. The van der Waals surface area contributed by atoms with E-state index < -0.39 is 5.97 Å². The lowest BCUT2D eigenvalue weighted by atomic mass is 10.1. The maximum atomic E-state index is 10.9. The van der Waals surface area contributed by atoms with Crippen LogP contribution >= 0.6 is 0 Å². The molecular weight excluding hydrogens is 278 g/mol. The maximum absolute atomic E-state index is 10.9. The molecule has 21 heavy (non-hydrogen) atoms. The molecule has 0 atom stereocenters. The minimum absolute atomic E-state index is 0.249. The first-order valence-electron chi connectivity index (χ1n) is 6.19. The molecule has 2 aromatic rings. The van der Waals surface area contributed by atoms with Gasteiger partial charge in [0.05, 0.1) is 20.8 Å². The highest BCUT2D eigenvalue weighted by Gasteiger charge is 2.19. The van der Waals surface area contributed by atoms with Crippen molar-refractivity contribution in [2.45, 2.75) is 6.92 Å². The number of methoxy groups -OCH3 is 2. The van der Waals surface area contributed by atoms with Crippen molar-refractivity contribution >= 4 is 5.97 Å². The van der Waals surface area contributed by atoms with Crippen molar-refractivity contribution in [2.75, 3.05) is 20.8 Å². The first-order chi connectivity index (χ1) is 10.1. The molecule has 1 N–H and O–H groups in total. The number of carboxylic acid groups (broad SMARTS) is 1. The lowest BCUT2D eigenvalue weighted by Gasteiger charge is -2.13. The summed E-state index contributed by atoms with van der Waals surface area (Å²) in [6, 6.07) is 4.64. The van der Waals surface area contributed by atoms with Crippen LogP contribution in [0.25, 0.3) is 11.3 Å². The molecule has 0 saturated heterocycles. The summed E-state index contributed by atoms with van der Waals surface area (Å²) in [7, 11) is 3.02. The van der Waals surface area contributed by atoms with Crippen LogP contribution in [-0.2, 0) is 0 Å². The molecule has 112 valence electrons. The molecule has 1 aromatic carbocycles. The van der Waals surface area contributed by atoms with Crippen LogP contribution in [0.1, 0.15) is 17.5 Å². The summed E-state index contributed by atoms with van der Waals surface area (Å²) in [5.41, 5.74) is 0.894. The van der Waals surface area contributed by atoms with Gasteiger partial charge in [0.1, 0.15) is 11.4 Å². The molecule has 0 unspecified atom stereocenters. The van der Waals surface area contributed by atoms with Gasteiger partial charge in [0.25, 0.3) is 0 Å². The number of hydrogen-bond acceptors (Lipinski definition) is 6. The van der Waals surface area contributed by atoms with Gasteiger partial charge in [-0.2, -0.15) is 0 Å². The van der Waals surface area contributed by atoms with Crippen molar-refractivity contribution in [1.82, 2.24) is 5.16 Å².